The zero-order valence-electron chi connectivity index (χ0n) is 15.6. The summed E-state index contributed by atoms with van der Waals surface area (Å²) in [6.07, 6.45) is 1.20. The number of guanidine groups is 1. The summed E-state index contributed by atoms with van der Waals surface area (Å²) in [5.74, 6) is 1.73. The highest BCUT2D eigenvalue weighted by molar-refractivity contribution is 7.90. The van der Waals surface area contributed by atoms with Crippen LogP contribution in [-0.4, -0.2) is 32.3 Å². The van der Waals surface area contributed by atoms with Crippen molar-refractivity contribution in [1.82, 2.24) is 15.8 Å². The molecule has 0 aliphatic rings. The monoisotopic (exact) mass is 378 g/mol. The molecule has 0 saturated carbocycles. The SMILES string of the molecule is CCNC(=NCc1ccc(S(C)(=O)=O)cc1)NCc1cc(C(C)C)no1. The van der Waals surface area contributed by atoms with E-state index in [4.69, 9.17) is 4.52 Å². The van der Waals surface area contributed by atoms with Crippen LogP contribution in [0.2, 0.25) is 0 Å². The Kier molecular flexibility index (Phi) is 6.79. The number of nitrogens with zero attached hydrogens (tertiary/aromatic N) is 2. The van der Waals surface area contributed by atoms with Crippen molar-refractivity contribution in [2.24, 2.45) is 4.99 Å². The van der Waals surface area contributed by atoms with Crippen molar-refractivity contribution in [3.63, 3.8) is 0 Å². The van der Waals surface area contributed by atoms with Gasteiger partial charge in [-0.2, -0.15) is 0 Å². The van der Waals surface area contributed by atoms with E-state index in [9.17, 15) is 8.42 Å². The van der Waals surface area contributed by atoms with Crippen molar-refractivity contribution in [2.75, 3.05) is 12.8 Å². The first-order chi connectivity index (χ1) is 12.3. The summed E-state index contributed by atoms with van der Waals surface area (Å²) >= 11 is 0. The summed E-state index contributed by atoms with van der Waals surface area (Å²) in [5, 5.41) is 10.4. The fraction of sp³-hybridized carbons (Fsp3) is 0.444. The average Bonchev–Trinajstić information content (AvgIpc) is 3.06. The van der Waals surface area contributed by atoms with Crippen LogP contribution in [0, 0.1) is 0 Å². The topological polar surface area (TPSA) is 96.6 Å². The van der Waals surface area contributed by atoms with Crippen LogP contribution >= 0.6 is 0 Å². The van der Waals surface area contributed by atoms with E-state index in [1.54, 1.807) is 24.3 Å². The van der Waals surface area contributed by atoms with Gasteiger partial charge in [0.25, 0.3) is 0 Å². The predicted octanol–water partition coefficient (Wildman–Crippen LogP) is 2.46. The van der Waals surface area contributed by atoms with Gasteiger partial charge in [0.05, 0.1) is 23.7 Å². The van der Waals surface area contributed by atoms with Gasteiger partial charge < -0.3 is 15.2 Å². The predicted molar refractivity (Wildman–Crippen MR) is 102 cm³/mol. The third kappa shape index (κ3) is 5.87. The molecule has 7 nitrogen and oxygen atoms in total. The lowest BCUT2D eigenvalue weighted by atomic mass is 10.1. The number of aliphatic imine (C=N–C) groups is 1. The molecule has 0 saturated heterocycles. The molecule has 26 heavy (non-hydrogen) atoms. The lowest BCUT2D eigenvalue weighted by Crippen LogP contribution is -2.36. The van der Waals surface area contributed by atoms with Gasteiger partial charge in [-0.05, 0) is 30.5 Å². The summed E-state index contributed by atoms with van der Waals surface area (Å²) in [6.45, 7) is 7.77. The molecule has 1 heterocycles. The molecule has 0 unspecified atom stereocenters. The van der Waals surface area contributed by atoms with E-state index in [1.807, 2.05) is 13.0 Å². The molecule has 0 aliphatic carbocycles. The molecule has 2 rings (SSSR count). The lowest BCUT2D eigenvalue weighted by Gasteiger charge is -2.10. The zero-order chi connectivity index (χ0) is 19.2. The van der Waals surface area contributed by atoms with Gasteiger partial charge in [0.2, 0.25) is 0 Å². The maximum absolute atomic E-state index is 11.5. The van der Waals surface area contributed by atoms with Crippen LogP contribution in [0.3, 0.4) is 0 Å². The largest absolute Gasteiger partial charge is 0.359 e. The fourth-order valence-corrected chi connectivity index (χ4v) is 2.84. The minimum Gasteiger partial charge on any atom is -0.359 e. The highest BCUT2D eigenvalue weighted by Gasteiger charge is 2.09. The van der Waals surface area contributed by atoms with Crippen molar-refractivity contribution in [1.29, 1.82) is 0 Å². The molecular weight excluding hydrogens is 352 g/mol. The second-order valence-electron chi connectivity index (χ2n) is 6.34. The van der Waals surface area contributed by atoms with Gasteiger partial charge in [-0.15, -0.1) is 0 Å². The van der Waals surface area contributed by atoms with Crippen LogP contribution < -0.4 is 10.6 Å². The van der Waals surface area contributed by atoms with E-state index in [-0.39, 0.29) is 0 Å². The lowest BCUT2D eigenvalue weighted by molar-refractivity contribution is 0.372. The molecule has 0 bridgehead atoms. The van der Waals surface area contributed by atoms with E-state index in [0.29, 0.717) is 29.9 Å². The summed E-state index contributed by atoms with van der Waals surface area (Å²) in [7, 11) is -3.18. The minimum atomic E-state index is -3.18. The normalized spacial score (nSPS) is 12.4. The highest BCUT2D eigenvalue weighted by atomic mass is 32.2. The Hall–Kier alpha value is -2.35. The van der Waals surface area contributed by atoms with Crippen molar-refractivity contribution in [3.05, 3.63) is 47.3 Å². The maximum Gasteiger partial charge on any atom is 0.191 e. The molecule has 2 aromatic rings. The van der Waals surface area contributed by atoms with Crippen molar-refractivity contribution in [3.8, 4) is 0 Å². The number of aromatic nitrogens is 1. The minimum absolute atomic E-state index is 0.307. The quantitative estimate of drug-likeness (QED) is 0.567. The number of benzene rings is 1. The Morgan fingerprint density at radius 2 is 1.92 bits per heavy atom. The molecule has 1 aromatic heterocycles. The van der Waals surface area contributed by atoms with Crippen molar-refractivity contribution in [2.45, 2.75) is 44.7 Å². The van der Waals surface area contributed by atoms with E-state index in [1.165, 1.54) is 6.26 Å². The maximum atomic E-state index is 11.5. The molecule has 1 aromatic carbocycles. The molecule has 0 radical (unpaired) electrons. The van der Waals surface area contributed by atoms with Gasteiger partial charge in [-0.3, -0.25) is 0 Å². The van der Waals surface area contributed by atoms with Crippen molar-refractivity contribution < 1.29 is 12.9 Å². The molecule has 2 N–H and O–H groups in total. The summed E-state index contributed by atoms with van der Waals surface area (Å²) in [4.78, 5) is 4.82. The van der Waals surface area contributed by atoms with Crippen LogP contribution in [0.4, 0.5) is 0 Å². The van der Waals surface area contributed by atoms with E-state index in [0.717, 1.165) is 23.6 Å². The average molecular weight is 378 g/mol. The molecule has 0 aliphatic heterocycles. The Morgan fingerprint density at radius 1 is 1.23 bits per heavy atom. The highest BCUT2D eigenvalue weighted by Crippen LogP contribution is 2.14. The van der Waals surface area contributed by atoms with E-state index < -0.39 is 9.84 Å². The summed E-state index contributed by atoms with van der Waals surface area (Å²) < 4.78 is 28.3. The number of nitrogens with one attached hydrogen (secondary N) is 2. The van der Waals surface area contributed by atoms with Crippen LogP contribution in [0.1, 0.15) is 43.7 Å². The van der Waals surface area contributed by atoms with Crippen LogP contribution in [0.25, 0.3) is 0 Å². The van der Waals surface area contributed by atoms with Gasteiger partial charge in [0.1, 0.15) is 0 Å². The van der Waals surface area contributed by atoms with Gasteiger partial charge in [0.15, 0.2) is 21.6 Å². The molecule has 8 heteroatoms. The van der Waals surface area contributed by atoms with E-state index >= 15 is 0 Å². The van der Waals surface area contributed by atoms with Gasteiger partial charge in [-0.25, -0.2) is 13.4 Å². The first kappa shape index (κ1) is 20.0. The molecule has 0 atom stereocenters. The van der Waals surface area contributed by atoms with Gasteiger partial charge in [-0.1, -0.05) is 31.1 Å². The van der Waals surface area contributed by atoms with Gasteiger partial charge >= 0.3 is 0 Å². The number of hydrogen-bond donors (Lipinski definition) is 2. The first-order valence-corrected chi connectivity index (χ1v) is 10.5. The summed E-state index contributed by atoms with van der Waals surface area (Å²) in [5.41, 5.74) is 1.85. The Morgan fingerprint density at radius 3 is 2.46 bits per heavy atom. The molecular formula is C18H26N4O3S. The second kappa shape index (κ2) is 8.84. The van der Waals surface area contributed by atoms with Crippen LogP contribution in [0.5, 0.6) is 0 Å². The fourth-order valence-electron chi connectivity index (χ4n) is 2.21. The summed E-state index contributed by atoms with van der Waals surface area (Å²) in [6, 6.07) is 8.68. The smallest absolute Gasteiger partial charge is 0.191 e. The number of sulfone groups is 1. The Balaban J connectivity index is 1.99. The van der Waals surface area contributed by atoms with Crippen molar-refractivity contribution >= 4 is 15.8 Å². The van der Waals surface area contributed by atoms with Gasteiger partial charge in [0, 0.05) is 18.9 Å². The molecule has 142 valence electrons. The van der Waals surface area contributed by atoms with E-state index in [2.05, 4.69) is 34.6 Å². The molecule has 0 spiro atoms. The standard InChI is InChI=1S/C18H26N4O3S/c1-5-19-18(21-12-15-10-17(13(2)3)22-25-15)20-11-14-6-8-16(9-7-14)26(4,23)24/h6-10,13H,5,11-12H2,1-4H3,(H2,19,20,21). The second-order valence-corrected chi connectivity index (χ2v) is 8.35. The Labute approximate surface area is 154 Å². The molecule has 0 amide bonds. The third-order valence-electron chi connectivity index (χ3n) is 3.71. The molecule has 0 fully saturated rings. The Bertz CT molecular complexity index is 840. The first-order valence-electron chi connectivity index (χ1n) is 8.56. The number of rotatable bonds is 7. The zero-order valence-corrected chi connectivity index (χ0v) is 16.4. The van der Waals surface area contributed by atoms with Crippen LogP contribution in [0.15, 0.2) is 44.7 Å². The van der Waals surface area contributed by atoms with Crippen LogP contribution in [-0.2, 0) is 22.9 Å². The number of hydrogen-bond acceptors (Lipinski definition) is 5. The third-order valence-corrected chi connectivity index (χ3v) is 4.84.